The standard InChI is InChI=1S/C26H50O4/c1-4-6-8-10-12-14-16-20-25(27)29-22-18-19-24(3)23-30-26(28)21-17-15-13-11-9-7-5-2/h24H,4-23H2,1-3H3. The van der Waals surface area contributed by atoms with E-state index in [9.17, 15) is 9.59 Å². The van der Waals surface area contributed by atoms with Crippen molar-refractivity contribution < 1.29 is 19.1 Å². The summed E-state index contributed by atoms with van der Waals surface area (Å²) in [6, 6.07) is 0. The molecule has 0 fully saturated rings. The monoisotopic (exact) mass is 426 g/mol. The van der Waals surface area contributed by atoms with Crippen LogP contribution in [0.2, 0.25) is 0 Å². The van der Waals surface area contributed by atoms with E-state index in [0.717, 1.165) is 38.5 Å². The van der Waals surface area contributed by atoms with Gasteiger partial charge in [0.15, 0.2) is 0 Å². The first kappa shape index (κ1) is 28.9. The van der Waals surface area contributed by atoms with E-state index < -0.39 is 0 Å². The molecular formula is C26H50O4. The van der Waals surface area contributed by atoms with E-state index in [1.54, 1.807) is 0 Å². The Labute approximate surface area is 186 Å². The van der Waals surface area contributed by atoms with E-state index >= 15 is 0 Å². The van der Waals surface area contributed by atoms with E-state index in [-0.39, 0.29) is 11.9 Å². The van der Waals surface area contributed by atoms with Crippen LogP contribution in [-0.2, 0) is 19.1 Å². The summed E-state index contributed by atoms with van der Waals surface area (Å²) >= 11 is 0. The molecular weight excluding hydrogens is 376 g/mol. The lowest BCUT2D eigenvalue weighted by Gasteiger charge is -2.12. The summed E-state index contributed by atoms with van der Waals surface area (Å²) in [4.78, 5) is 23.6. The van der Waals surface area contributed by atoms with Crippen LogP contribution >= 0.6 is 0 Å². The molecule has 0 radical (unpaired) electrons. The SMILES string of the molecule is CCCCCCCCCC(=O)OCCCC(C)COC(=O)CCCCCCCCC. The van der Waals surface area contributed by atoms with Crippen molar-refractivity contribution in [2.24, 2.45) is 5.92 Å². The summed E-state index contributed by atoms with van der Waals surface area (Å²) < 4.78 is 10.7. The third-order valence-electron chi connectivity index (χ3n) is 5.60. The Hall–Kier alpha value is -1.06. The highest BCUT2D eigenvalue weighted by Gasteiger charge is 2.08. The highest BCUT2D eigenvalue weighted by atomic mass is 16.5. The van der Waals surface area contributed by atoms with Gasteiger partial charge in [-0.15, -0.1) is 0 Å². The van der Waals surface area contributed by atoms with Gasteiger partial charge in [-0.2, -0.15) is 0 Å². The minimum Gasteiger partial charge on any atom is -0.466 e. The van der Waals surface area contributed by atoms with Gasteiger partial charge in [0.1, 0.15) is 0 Å². The average molecular weight is 427 g/mol. The lowest BCUT2D eigenvalue weighted by atomic mass is 10.1. The van der Waals surface area contributed by atoms with Crippen LogP contribution in [0.4, 0.5) is 0 Å². The number of carbonyl (C=O) groups is 2. The first-order valence-corrected chi connectivity index (χ1v) is 12.9. The van der Waals surface area contributed by atoms with Crippen LogP contribution in [0.3, 0.4) is 0 Å². The lowest BCUT2D eigenvalue weighted by molar-refractivity contribution is -0.145. The Morgan fingerprint density at radius 3 is 1.53 bits per heavy atom. The number of carbonyl (C=O) groups excluding carboxylic acids is 2. The molecule has 0 aliphatic heterocycles. The van der Waals surface area contributed by atoms with Gasteiger partial charge >= 0.3 is 11.9 Å². The molecule has 30 heavy (non-hydrogen) atoms. The number of hydrogen-bond donors (Lipinski definition) is 0. The zero-order valence-corrected chi connectivity index (χ0v) is 20.4. The zero-order valence-electron chi connectivity index (χ0n) is 20.4. The maximum Gasteiger partial charge on any atom is 0.305 e. The molecule has 0 aliphatic carbocycles. The second-order valence-corrected chi connectivity index (χ2v) is 8.89. The van der Waals surface area contributed by atoms with Crippen molar-refractivity contribution in [3.05, 3.63) is 0 Å². The Morgan fingerprint density at radius 1 is 0.600 bits per heavy atom. The van der Waals surface area contributed by atoms with Crippen molar-refractivity contribution in [3.8, 4) is 0 Å². The van der Waals surface area contributed by atoms with Crippen LogP contribution in [0.5, 0.6) is 0 Å². The zero-order chi connectivity index (χ0) is 22.3. The normalized spacial score (nSPS) is 12.0. The molecule has 0 heterocycles. The number of esters is 2. The van der Waals surface area contributed by atoms with Crippen molar-refractivity contribution in [2.75, 3.05) is 13.2 Å². The molecule has 0 aromatic heterocycles. The maximum absolute atomic E-state index is 11.8. The second kappa shape index (κ2) is 22.6. The molecule has 0 aromatic carbocycles. The summed E-state index contributed by atoms with van der Waals surface area (Å²) in [5.74, 6) is 0.165. The summed E-state index contributed by atoms with van der Waals surface area (Å²) in [6.07, 6.45) is 19.8. The Balaban J connectivity index is 3.44. The Kier molecular flexibility index (Phi) is 21.8. The molecule has 4 heteroatoms. The summed E-state index contributed by atoms with van der Waals surface area (Å²) in [5.41, 5.74) is 0. The van der Waals surface area contributed by atoms with Gasteiger partial charge < -0.3 is 9.47 Å². The first-order valence-electron chi connectivity index (χ1n) is 12.9. The maximum atomic E-state index is 11.8. The third kappa shape index (κ3) is 21.6. The molecule has 0 bridgehead atoms. The Bertz CT molecular complexity index is 394. The molecule has 0 spiro atoms. The highest BCUT2D eigenvalue weighted by molar-refractivity contribution is 5.69. The quantitative estimate of drug-likeness (QED) is 0.131. The summed E-state index contributed by atoms with van der Waals surface area (Å²) in [7, 11) is 0. The van der Waals surface area contributed by atoms with Gasteiger partial charge in [-0.3, -0.25) is 9.59 Å². The van der Waals surface area contributed by atoms with Gasteiger partial charge in [0.25, 0.3) is 0 Å². The summed E-state index contributed by atoms with van der Waals surface area (Å²) in [6.45, 7) is 7.48. The molecule has 4 nitrogen and oxygen atoms in total. The van der Waals surface area contributed by atoms with Crippen molar-refractivity contribution in [1.82, 2.24) is 0 Å². The van der Waals surface area contributed by atoms with Crippen molar-refractivity contribution >= 4 is 11.9 Å². The van der Waals surface area contributed by atoms with Crippen LogP contribution in [0.25, 0.3) is 0 Å². The molecule has 1 atom stereocenters. The molecule has 0 saturated carbocycles. The van der Waals surface area contributed by atoms with E-state index in [4.69, 9.17) is 9.47 Å². The lowest BCUT2D eigenvalue weighted by Crippen LogP contribution is -2.13. The smallest absolute Gasteiger partial charge is 0.305 e. The minimum absolute atomic E-state index is 0.0719. The van der Waals surface area contributed by atoms with Crippen LogP contribution in [-0.4, -0.2) is 25.2 Å². The van der Waals surface area contributed by atoms with E-state index in [0.29, 0.717) is 32.0 Å². The molecule has 0 amide bonds. The fourth-order valence-electron chi connectivity index (χ4n) is 3.53. The molecule has 178 valence electrons. The molecule has 0 rings (SSSR count). The number of hydrogen-bond acceptors (Lipinski definition) is 4. The van der Waals surface area contributed by atoms with Crippen molar-refractivity contribution in [1.29, 1.82) is 0 Å². The predicted octanol–water partition coefficient (Wildman–Crippen LogP) is 7.77. The minimum atomic E-state index is -0.0727. The van der Waals surface area contributed by atoms with Crippen LogP contribution in [0, 0.1) is 5.92 Å². The number of unbranched alkanes of at least 4 members (excludes halogenated alkanes) is 12. The number of rotatable bonds is 22. The molecule has 0 aliphatic rings. The topological polar surface area (TPSA) is 52.6 Å². The Morgan fingerprint density at radius 2 is 1.03 bits per heavy atom. The fraction of sp³-hybridized carbons (Fsp3) is 0.923. The largest absolute Gasteiger partial charge is 0.466 e. The average Bonchev–Trinajstić information content (AvgIpc) is 2.74. The van der Waals surface area contributed by atoms with Gasteiger partial charge in [-0.05, 0) is 31.6 Å². The molecule has 0 aromatic rings. The predicted molar refractivity (Wildman–Crippen MR) is 126 cm³/mol. The molecule has 0 saturated heterocycles. The molecule has 1 unspecified atom stereocenters. The highest BCUT2D eigenvalue weighted by Crippen LogP contribution is 2.12. The van der Waals surface area contributed by atoms with Crippen LogP contribution in [0.15, 0.2) is 0 Å². The fourth-order valence-corrected chi connectivity index (χ4v) is 3.53. The van der Waals surface area contributed by atoms with Crippen molar-refractivity contribution in [2.45, 2.75) is 136 Å². The van der Waals surface area contributed by atoms with Gasteiger partial charge in [0, 0.05) is 12.8 Å². The number of ether oxygens (including phenoxy) is 2. The van der Waals surface area contributed by atoms with Gasteiger partial charge in [-0.25, -0.2) is 0 Å². The summed E-state index contributed by atoms with van der Waals surface area (Å²) in [5, 5.41) is 0. The van der Waals surface area contributed by atoms with Crippen LogP contribution in [0.1, 0.15) is 136 Å². The third-order valence-corrected chi connectivity index (χ3v) is 5.60. The van der Waals surface area contributed by atoms with Gasteiger partial charge in [-0.1, -0.05) is 97.8 Å². The van der Waals surface area contributed by atoms with Crippen LogP contribution < -0.4 is 0 Å². The first-order chi connectivity index (χ1) is 14.6. The van der Waals surface area contributed by atoms with Gasteiger partial charge in [0.2, 0.25) is 0 Å². The van der Waals surface area contributed by atoms with E-state index in [2.05, 4.69) is 20.8 Å². The molecule has 0 N–H and O–H groups in total. The second-order valence-electron chi connectivity index (χ2n) is 8.89. The van der Waals surface area contributed by atoms with Gasteiger partial charge in [0.05, 0.1) is 13.2 Å². The van der Waals surface area contributed by atoms with E-state index in [1.807, 2.05) is 0 Å². The van der Waals surface area contributed by atoms with Crippen molar-refractivity contribution in [3.63, 3.8) is 0 Å². The van der Waals surface area contributed by atoms with E-state index in [1.165, 1.54) is 64.2 Å².